The van der Waals surface area contributed by atoms with E-state index >= 15 is 0 Å². The molecule has 1 aromatic heterocycles. The second-order valence-corrected chi connectivity index (χ2v) is 5.24. The number of hydrogen-bond acceptors (Lipinski definition) is 5. The van der Waals surface area contributed by atoms with Crippen molar-refractivity contribution < 1.29 is 9.59 Å². The molecule has 1 aromatic carbocycles. The van der Waals surface area contributed by atoms with Gasteiger partial charge in [0.15, 0.2) is 10.9 Å². The number of aromatic nitrogens is 1. The number of rotatable bonds is 5. The van der Waals surface area contributed by atoms with Crippen LogP contribution in [0.25, 0.3) is 0 Å². The maximum absolute atomic E-state index is 11.9. The van der Waals surface area contributed by atoms with Gasteiger partial charge in [-0.1, -0.05) is 30.3 Å². The van der Waals surface area contributed by atoms with Crippen molar-refractivity contribution in [3.8, 4) is 0 Å². The first-order valence-corrected chi connectivity index (χ1v) is 7.01. The van der Waals surface area contributed by atoms with Gasteiger partial charge in [0.25, 0.3) is 0 Å². The zero-order valence-electron chi connectivity index (χ0n) is 11.0. The number of nitrogens with two attached hydrogens (primary N) is 1. The average Bonchev–Trinajstić information content (AvgIpc) is 2.88. The molecule has 0 saturated carbocycles. The van der Waals surface area contributed by atoms with Gasteiger partial charge in [-0.25, -0.2) is 4.98 Å². The molecule has 0 radical (unpaired) electrons. The van der Waals surface area contributed by atoms with Crippen molar-refractivity contribution in [1.82, 2.24) is 4.98 Å². The molecule has 0 aliphatic carbocycles. The van der Waals surface area contributed by atoms with Crippen molar-refractivity contribution in [2.24, 2.45) is 5.73 Å². The van der Waals surface area contributed by atoms with Crippen molar-refractivity contribution >= 4 is 28.2 Å². The van der Waals surface area contributed by atoms with E-state index in [0.717, 1.165) is 5.56 Å². The van der Waals surface area contributed by atoms with Crippen LogP contribution in [0.3, 0.4) is 0 Å². The summed E-state index contributed by atoms with van der Waals surface area (Å²) in [4.78, 5) is 27.1. The summed E-state index contributed by atoms with van der Waals surface area (Å²) in [6, 6.07) is 8.91. The zero-order valence-corrected chi connectivity index (χ0v) is 11.8. The maximum atomic E-state index is 11.9. The van der Waals surface area contributed by atoms with Crippen LogP contribution >= 0.6 is 11.3 Å². The third-order valence-corrected chi connectivity index (χ3v) is 3.49. The van der Waals surface area contributed by atoms with Crippen LogP contribution < -0.4 is 11.1 Å². The Morgan fingerprint density at radius 1 is 1.35 bits per heavy atom. The van der Waals surface area contributed by atoms with Gasteiger partial charge in [0.2, 0.25) is 5.91 Å². The molecule has 2 rings (SSSR count). The van der Waals surface area contributed by atoms with E-state index in [9.17, 15) is 9.59 Å². The summed E-state index contributed by atoms with van der Waals surface area (Å²) in [5.74, 6) is -0.436. The van der Waals surface area contributed by atoms with E-state index < -0.39 is 6.04 Å². The van der Waals surface area contributed by atoms with Gasteiger partial charge < -0.3 is 11.1 Å². The van der Waals surface area contributed by atoms with E-state index in [1.165, 1.54) is 18.3 Å². The Bertz CT molecular complexity index is 610. The van der Waals surface area contributed by atoms with E-state index in [-0.39, 0.29) is 11.7 Å². The van der Waals surface area contributed by atoms with Gasteiger partial charge in [-0.2, -0.15) is 0 Å². The molecule has 2 aromatic rings. The van der Waals surface area contributed by atoms with Crippen LogP contribution in [0.2, 0.25) is 0 Å². The van der Waals surface area contributed by atoms with Crippen LogP contribution in [0.15, 0.2) is 35.7 Å². The fraction of sp³-hybridized carbons (Fsp3) is 0.214. The highest BCUT2D eigenvalue weighted by molar-refractivity contribution is 7.14. The SMILES string of the molecule is CC(=O)c1csc(NC(=O)[C@H](N)Cc2ccccc2)n1. The molecule has 20 heavy (non-hydrogen) atoms. The number of Topliss-reactive ketones (excluding diaryl/α,β-unsaturated/α-hetero) is 1. The minimum absolute atomic E-state index is 0.129. The van der Waals surface area contributed by atoms with Crippen molar-refractivity contribution in [2.45, 2.75) is 19.4 Å². The third kappa shape index (κ3) is 3.72. The van der Waals surface area contributed by atoms with Crippen LogP contribution in [0.1, 0.15) is 23.0 Å². The lowest BCUT2D eigenvalue weighted by atomic mass is 10.1. The van der Waals surface area contributed by atoms with Gasteiger partial charge in [0.05, 0.1) is 6.04 Å². The molecule has 0 saturated heterocycles. The molecule has 0 unspecified atom stereocenters. The number of ketones is 1. The average molecular weight is 289 g/mol. The Morgan fingerprint density at radius 2 is 2.05 bits per heavy atom. The fourth-order valence-electron chi connectivity index (χ4n) is 1.65. The molecule has 0 fully saturated rings. The molecule has 0 spiro atoms. The summed E-state index contributed by atoms with van der Waals surface area (Å²) < 4.78 is 0. The standard InChI is InChI=1S/C14H15N3O2S/c1-9(18)12-8-20-14(16-12)17-13(19)11(15)7-10-5-3-2-4-6-10/h2-6,8,11H,7,15H2,1H3,(H,16,17,19)/t11-/m1/s1. The van der Waals surface area contributed by atoms with Crippen molar-refractivity contribution in [1.29, 1.82) is 0 Å². The molecule has 3 N–H and O–H groups in total. The predicted molar refractivity (Wildman–Crippen MR) is 78.9 cm³/mol. The zero-order chi connectivity index (χ0) is 14.5. The number of carbonyl (C=O) groups is 2. The van der Waals surface area contributed by atoms with E-state index in [1.807, 2.05) is 30.3 Å². The third-order valence-electron chi connectivity index (χ3n) is 2.73. The van der Waals surface area contributed by atoms with Crippen LogP contribution in [0.4, 0.5) is 5.13 Å². The molecular weight excluding hydrogens is 274 g/mol. The highest BCUT2D eigenvalue weighted by atomic mass is 32.1. The van der Waals surface area contributed by atoms with Crippen molar-refractivity contribution in [2.75, 3.05) is 5.32 Å². The lowest BCUT2D eigenvalue weighted by Crippen LogP contribution is -2.37. The highest BCUT2D eigenvalue weighted by Crippen LogP contribution is 2.16. The Kier molecular flexibility index (Phi) is 4.60. The monoisotopic (exact) mass is 289 g/mol. The van der Waals surface area contributed by atoms with Crippen LogP contribution in [-0.2, 0) is 11.2 Å². The normalized spacial score (nSPS) is 11.9. The number of hydrogen-bond donors (Lipinski definition) is 2. The van der Waals surface area contributed by atoms with Crippen molar-refractivity contribution in [3.63, 3.8) is 0 Å². The lowest BCUT2D eigenvalue weighted by Gasteiger charge is -2.10. The summed E-state index contributed by atoms with van der Waals surface area (Å²) in [7, 11) is 0. The molecule has 6 heteroatoms. The topological polar surface area (TPSA) is 85.1 Å². The van der Waals surface area contributed by atoms with Gasteiger partial charge in [-0.15, -0.1) is 11.3 Å². The second kappa shape index (κ2) is 6.40. The summed E-state index contributed by atoms with van der Waals surface area (Å²) in [6.45, 7) is 1.43. The molecule has 1 heterocycles. The van der Waals surface area contributed by atoms with Gasteiger partial charge in [-0.05, 0) is 12.0 Å². The quantitative estimate of drug-likeness (QED) is 0.823. The molecule has 0 aliphatic heterocycles. The molecular formula is C14H15N3O2S. The van der Waals surface area contributed by atoms with E-state index in [0.29, 0.717) is 17.2 Å². The number of carbonyl (C=O) groups excluding carboxylic acids is 2. The number of thiazole rings is 1. The van der Waals surface area contributed by atoms with Crippen LogP contribution in [0.5, 0.6) is 0 Å². The minimum Gasteiger partial charge on any atom is -0.320 e. The first kappa shape index (κ1) is 14.4. The Hall–Kier alpha value is -2.05. The molecule has 1 amide bonds. The van der Waals surface area contributed by atoms with Gasteiger partial charge in [0.1, 0.15) is 5.69 Å². The molecule has 104 valence electrons. The summed E-state index contributed by atoms with van der Waals surface area (Å²) in [6.07, 6.45) is 0.456. The number of anilines is 1. The van der Waals surface area contributed by atoms with Gasteiger partial charge in [0, 0.05) is 12.3 Å². The van der Waals surface area contributed by atoms with Gasteiger partial charge >= 0.3 is 0 Å². The second-order valence-electron chi connectivity index (χ2n) is 4.38. The van der Waals surface area contributed by atoms with E-state index in [1.54, 1.807) is 5.38 Å². The molecule has 5 nitrogen and oxygen atoms in total. The molecule has 0 aliphatic rings. The highest BCUT2D eigenvalue weighted by Gasteiger charge is 2.16. The summed E-state index contributed by atoms with van der Waals surface area (Å²) >= 11 is 1.21. The van der Waals surface area contributed by atoms with E-state index in [4.69, 9.17) is 5.73 Å². The van der Waals surface area contributed by atoms with Crippen LogP contribution in [-0.4, -0.2) is 22.7 Å². The number of nitrogens with zero attached hydrogens (tertiary/aromatic N) is 1. The predicted octanol–water partition coefficient (Wildman–Crippen LogP) is 1.85. The fourth-order valence-corrected chi connectivity index (χ4v) is 2.40. The first-order chi connectivity index (χ1) is 9.56. The Labute approximate surface area is 120 Å². The number of amides is 1. The smallest absolute Gasteiger partial charge is 0.243 e. The lowest BCUT2D eigenvalue weighted by molar-refractivity contribution is -0.117. The maximum Gasteiger partial charge on any atom is 0.243 e. The summed E-state index contributed by atoms with van der Waals surface area (Å²) in [5, 5.41) is 4.63. The Balaban J connectivity index is 1.95. The molecule has 1 atom stereocenters. The molecule has 0 bridgehead atoms. The van der Waals surface area contributed by atoms with Crippen molar-refractivity contribution in [3.05, 3.63) is 47.0 Å². The summed E-state index contributed by atoms with van der Waals surface area (Å²) in [5.41, 5.74) is 7.21. The van der Waals surface area contributed by atoms with Crippen LogP contribution in [0, 0.1) is 0 Å². The van der Waals surface area contributed by atoms with Gasteiger partial charge in [-0.3, -0.25) is 9.59 Å². The minimum atomic E-state index is -0.651. The number of benzene rings is 1. The van der Waals surface area contributed by atoms with E-state index in [2.05, 4.69) is 10.3 Å². The number of nitrogens with one attached hydrogen (secondary N) is 1. The Morgan fingerprint density at radius 3 is 2.65 bits per heavy atom. The largest absolute Gasteiger partial charge is 0.320 e. The first-order valence-electron chi connectivity index (χ1n) is 6.13.